The van der Waals surface area contributed by atoms with Crippen molar-refractivity contribution in [3.8, 4) is 0 Å². The highest BCUT2D eigenvalue weighted by Gasteiger charge is 2.08. The summed E-state index contributed by atoms with van der Waals surface area (Å²) in [5.41, 5.74) is 3.25. The van der Waals surface area contributed by atoms with Gasteiger partial charge in [-0.1, -0.05) is 40.9 Å². The Balaban J connectivity index is 2.01. The first-order valence-corrected chi connectivity index (χ1v) is 8.00. The van der Waals surface area contributed by atoms with Gasteiger partial charge in [0.25, 0.3) is 0 Å². The van der Waals surface area contributed by atoms with Crippen LogP contribution < -0.4 is 5.32 Å². The molecular formula is C15H19BrClN3. The van der Waals surface area contributed by atoms with Crippen molar-refractivity contribution in [2.75, 3.05) is 5.32 Å². The largest absolute Gasteiger partial charge is 0.379 e. The van der Waals surface area contributed by atoms with Crippen molar-refractivity contribution in [2.45, 2.75) is 39.7 Å². The van der Waals surface area contributed by atoms with Gasteiger partial charge in [0.2, 0.25) is 0 Å². The number of hydrogen-bond donors (Lipinski definition) is 2. The lowest BCUT2D eigenvalue weighted by Crippen LogP contribution is -2.02. The van der Waals surface area contributed by atoms with Crippen molar-refractivity contribution in [1.82, 2.24) is 9.97 Å². The van der Waals surface area contributed by atoms with Crippen LogP contribution in [0.2, 0.25) is 5.15 Å². The summed E-state index contributed by atoms with van der Waals surface area (Å²) in [6.07, 6.45) is 3.24. The van der Waals surface area contributed by atoms with Crippen LogP contribution in [0.4, 0.5) is 5.69 Å². The number of H-pyrrole nitrogens is 1. The molecule has 108 valence electrons. The number of anilines is 1. The highest BCUT2D eigenvalue weighted by Crippen LogP contribution is 2.22. The zero-order valence-corrected chi connectivity index (χ0v) is 14.1. The third-order valence-corrected chi connectivity index (χ3v) is 3.99. The maximum absolute atomic E-state index is 6.17. The Morgan fingerprint density at radius 1 is 1.40 bits per heavy atom. The van der Waals surface area contributed by atoms with E-state index in [0.717, 1.165) is 40.9 Å². The highest BCUT2D eigenvalue weighted by molar-refractivity contribution is 9.10. The van der Waals surface area contributed by atoms with Gasteiger partial charge in [-0.05, 0) is 37.1 Å². The molecule has 0 radical (unpaired) electrons. The molecule has 2 aromatic rings. The number of nitrogens with one attached hydrogen (secondary N) is 2. The number of rotatable bonds is 6. The molecule has 1 aromatic heterocycles. The van der Waals surface area contributed by atoms with Crippen LogP contribution in [0.15, 0.2) is 22.7 Å². The highest BCUT2D eigenvalue weighted by atomic mass is 79.9. The van der Waals surface area contributed by atoms with Crippen LogP contribution in [0.25, 0.3) is 0 Å². The third kappa shape index (κ3) is 4.00. The first-order valence-electron chi connectivity index (χ1n) is 6.83. The van der Waals surface area contributed by atoms with E-state index in [2.05, 4.69) is 57.2 Å². The van der Waals surface area contributed by atoms with Gasteiger partial charge in [0, 0.05) is 16.6 Å². The maximum atomic E-state index is 6.17. The van der Waals surface area contributed by atoms with Gasteiger partial charge in [0.1, 0.15) is 5.82 Å². The summed E-state index contributed by atoms with van der Waals surface area (Å²) in [7, 11) is 0. The van der Waals surface area contributed by atoms with Crippen molar-refractivity contribution in [1.29, 1.82) is 0 Å². The summed E-state index contributed by atoms with van der Waals surface area (Å²) < 4.78 is 1.09. The Kier molecular flexibility index (Phi) is 5.49. The van der Waals surface area contributed by atoms with E-state index in [0.29, 0.717) is 11.7 Å². The molecule has 1 heterocycles. The number of unbranched alkanes of at least 4 members (excludes halogenated alkanes) is 1. The topological polar surface area (TPSA) is 40.7 Å². The molecule has 0 unspecified atom stereocenters. The zero-order chi connectivity index (χ0) is 14.5. The van der Waals surface area contributed by atoms with Crippen molar-refractivity contribution in [2.24, 2.45) is 0 Å². The molecule has 0 amide bonds. The second-order valence-electron chi connectivity index (χ2n) is 4.87. The minimum atomic E-state index is 0.568. The maximum Gasteiger partial charge on any atom is 0.152 e. The van der Waals surface area contributed by atoms with E-state index < -0.39 is 0 Å². The Morgan fingerprint density at radius 3 is 2.90 bits per heavy atom. The zero-order valence-electron chi connectivity index (χ0n) is 11.8. The number of aryl methyl sites for hydroxylation is 2. The number of imidazole rings is 1. The van der Waals surface area contributed by atoms with E-state index in [9.17, 15) is 0 Å². The molecule has 1 aromatic carbocycles. The lowest BCUT2D eigenvalue weighted by Gasteiger charge is -2.09. The minimum absolute atomic E-state index is 0.568. The Hall–Kier alpha value is -1.00. The Labute approximate surface area is 133 Å². The minimum Gasteiger partial charge on any atom is -0.379 e. The second kappa shape index (κ2) is 7.14. The fraction of sp³-hybridized carbons (Fsp3) is 0.400. The van der Waals surface area contributed by atoms with Crippen LogP contribution in [0.5, 0.6) is 0 Å². The molecule has 0 fully saturated rings. The van der Waals surface area contributed by atoms with E-state index in [4.69, 9.17) is 11.6 Å². The summed E-state index contributed by atoms with van der Waals surface area (Å²) in [4.78, 5) is 7.66. The van der Waals surface area contributed by atoms with E-state index in [1.54, 1.807) is 0 Å². The summed E-state index contributed by atoms with van der Waals surface area (Å²) in [6, 6.07) is 6.17. The van der Waals surface area contributed by atoms with Gasteiger partial charge in [-0.15, -0.1) is 0 Å². The molecule has 0 aliphatic rings. The molecule has 0 saturated heterocycles. The Bertz CT molecular complexity index is 580. The standard InChI is InChI=1S/C15H19BrClN3/c1-3-4-5-14-19-13(15(17)20-14)9-18-12-7-6-11(16)8-10(12)2/h6-8,18H,3-5,9H2,1-2H3,(H,19,20). The molecule has 5 heteroatoms. The molecule has 2 N–H and O–H groups in total. The molecule has 0 saturated carbocycles. The van der Waals surface area contributed by atoms with Gasteiger partial charge in [-0.2, -0.15) is 0 Å². The van der Waals surface area contributed by atoms with Crippen molar-refractivity contribution < 1.29 is 0 Å². The SMILES string of the molecule is CCCCc1nc(Cl)c(CNc2ccc(Br)cc2C)[nH]1. The summed E-state index contributed by atoms with van der Waals surface area (Å²) in [5.74, 6) is 0.973. The molecule has 2 rings (SSSR count). The average molecular weight is 357 g/mol. The summed E-state index contributed by atoms with van der Waals surface area (Å²) >= 11 is 9.63. The van der Waals surface area contributed by atoms with Crippen LogP contribution in [-0.2, 0) is 13.0 Å². The predicted molar refractivity (Wildman–Crippen MR) is 88.4 cm³/mol. The normalized spacial score (nSPS) is 10.8. The lowest BCUT2D eigenvalue weighted by molar-refractivity contribution is 0.760. The molecule has 0 aliphatic heterocycles. The van der Waals surface area contributed by atoms with E-state index in [1.165, 1.54) is 5.56 Å². The third-order valence-electron chi connectivity index (χ3n) is 3.19. The van der Waals surface area contributed by atoms with Gasteiger partial charge < -0.3 is 10.3 Å². The van der Waals surface area contributed by atoms with E-state index in [1.807, 2.05) is 6.07 Å². The molecule has 0 atom stereocenters. The van der Waals surface area contributed by atoms with Crippen LogP contribution in [0.1, 0.15) is 36.8 Å². The van der Waals surface area contributed by atoms with Gasteiger partial charge in [0.15, 0.2) is 5.15 Å². The van der Waals surface area contributed by atoms with Crippen molar-refractivity contribution in [3.05, 3.63) is 44.9 Å². The first kappa shape index (κ1) is 15.4. The monoisotopic (exact) mass is 355 g/mol. The molecule has 0 spiro atoms. The average Bonchev–Trinajstić information content (AvgIpc) is 2.76. The van der Waals surface area contributed by atoms with Crippen LogP contribution >= 0.6 is 27.5 Å². The van der Waals surface area contributed by atoms with E-state index in [-0.39, 0.29) is 0 Å². The number of nitrogens with zero attached hydrogens (tertiary/aromatic N) is 1. The fourth-order valence-corrected chi connectivity index (χ4v) is 2.72. The van der Waals surface area contributed by atoms with Gasteiger partial charge in [-0.3, -0.25) is 0 Å². The van der Waals surface area contributed by atoms with Crippen molar-refractivity contribution >= 4 is 33.2 Å². The quantitative estimate of drug-likeness (QED) is 0.757. The fourth-order valence-electron chi connectivity index (χ4n) is 2.03. The number of aromatic nitrogens is 2. The molecule has 20 heavy (non-hydrogen) atoms. The van der Waals surface area contributed by atoms with Crippen LogP contribution in [0.3, 0.4) is 0 Å². The van der Waals surface area contributed by atoms with Gasteiger partial charge in [-0.25, -0.2) is 4.98 Å². The van der Waals surface area contributed by atoms with Gasteiger partial charge in [0.05, 0.1) is 12.2 Å². The summed E-state index contributed by atoms with van der Waals surface area (Å²) in [6.45, 7) is 4.90. The summed E-state index contributed by atoms with van der Waals surface area (Å²) in [5, 5.41) is 3.96. The molecule has 0 bridgehead atoms. The first-order chi connectivity index (χ1) is 9.60. The van der Waals surface area contributed by atoms with Gasteiger partial charge >= 0.3 is 0 Å². The molecule has 0 aliphatic carbocycles. The predicted octanol–water partition coefficient (Wildman–Crippen LogP) is 5.09. The number of halogens is 2. The number of hydrogen-bond acceptors (Lipinski definition) is 2. The van der Waals surface area contributed by atoms with E-state index >= 15 is 0 Å². The van der Waals surface area contributed by atoms with Crippen LogP contribution in [0, 0.1) is 6.92 Å². The van der Waals surface area contributed by atoms with Crippen LogP contribution in [-0.4, -0.2) is 9.97 Å². The molecule has 3 nitrogen and oxygen atoms in total. The number of aromatic amines is 1. The van der Waals surface area contributed by atoms with Crippen molar-refractivity contribution in [3.63, 3.8) is 0 Å². The second-order valence-corrected chi connectivity index (χ2v) is 6.14. The lowest BCUT2D eigenvalue weighted by atomic mass is 10.2. The molecular weight excluding hydrogens is 338 g/mol. The smallest absolute Gasteiger partial charge is 0.152 e. The Morgan fingerprint density at radius 2 is 2.20 bits per heavy atom. The number of benzene rings is 1.